The second kappa shape index (κ2) is 6.62. The summed E-state index contributed by atoms with van der Waals surface area (Å²) in [6, 6.07) is 12.4. The predicted molar refractivity (Wildman–Crippen MR) is 83.8 cm³/mol. The van der Waals surface area contributed by atoms with Gasteiger partial charge in [0.1, 0.15) is 5.41 Å². The largest absolute Gasteiger partial charge is 0.375 e. The van der Waals surface area contributed by atoms with Crippen LogP contribution in [0.4, 0.5) is 5.69 Å². The van der Waals surface area contributed by atoms with Gasteiger partial charge in [0.25, 0.3) is 0 Å². The Balaban J connectivity index is 1.71. The molecule has 112 valence electrons. The van der Waals surface area contributed by atoms with E-state index in [-0.39, 0.29) is 5.91 Å². The van der Waals surface area contributed by atoms with Crippen molar-refractivity contribution in [2.75, 3.05) is 25.0 Å². The molecule has 1 amide bonds. The highest BCUT2D eigenvalue weighted by Gasteiger charge is 2.48. The molecule has 0 unspecified atom stereocenters. The van der Waals surface area contributed by atoms with E-state index < -0.39 is 5.41 Å². The molecule has 1 N–H and O–H groups in total. The van der Waals surface area contributed by atoms with Gasteiger partial charge in [-0.2, -0.15) is 5.26 Å². The maximum atomic E-state index is 12.1. The monoisotopic (exact) mass is 285 g/mol. The summed E-state index contributed by atoms with van der Waals surface area (Å²) in [6.07, 6.45) is 2.26. The number of benzene rings is 1. The molecule has 0 radical (unpaired) electrons. The molecule has 0 spiro atoms. The van der Waals surface area contributed by atoms with Gasteiger partial charge in [-0.1, -0.05) is 25.1 Å². The van der Waals surface area contributed by atoms with Crippen LogP contribution < -0.4 is 10.2 Å². The fourth-order valence-electron chi connectivity index (χ4n) is 2.96. The maximum absolute atomic E-state index is 12.1. The van der Waals surface area contributed by atoms with E-state index in [2.05, 4.69) is 35.3 Å². The number of rotatable bonds is 6. The molecule has 4 nitrogen and oxygen atoms in total. The van der Waals surface area contributed by atoms with E-state index in [0.717, 1.165) is 13.0 Å². The number of hydrogen-bond acceptors (Lipinski definition) is 3. The minimum absolute atomic E-state index is 0.0922. The summed E-state index contributed by atoms with van der Waals surface area (Å²) >= 11 is 0. The quantitative estimate of drug-likeness (QED) is 0.817. The van der Waals surface area contributed by atoms with Crippen LogP contribution in [0.15, 0.2) is 30.3 Å². The van der Waals surface area contributed by atoms with Gasteiger partial charge in [0.15, 0.2) is 0 Å². The molecule has 1 aromatic rings. The fourth-order valence-corrected chi connectivity index (χ4v) is 2.96. The van der Waals surface area contributed by atoms with Gasteiger partial charge in [-0.3, -0.25) is 4.79 Å². The van der Waals surface area contributed by atoms with Gasteiger partial charge in [-0.15, -0.1) is 0 Å². The molecule has 0 aliphatic heterocycles. The molecule has 1 aliphatic rings. The van der Waals surface area contributed by atoms with Crippen LogP contribution in [0, 0.1) is 22.7 Å². The van der Waals surface area contributed by atoms with Gasteiger partial charge < -0.3 is 10.2 Å². The molecule has 0 atom stereocenters. The lowest BCUT2D eigenvalue weighted by Crippen LogP contribution is -2.48. The van der Waals surface area contributed by atoms with E-state index >= 15 is 0 Å². The van der Waals surface area contributed by atoms with E-state index in [4.69, 9.17) is 0 Å². The van der Waals surface area contributed by atoms with Crippen LogP contribution in [-0.2, 0) is 4.79 Å². The zero-order valence-corrected chi connectivity index (χ0v) is 12.8. The third-order valence-corrected chi connectivity index (χ3v) is 4.20. The summed E-state index contributed by atoms with van der Waals surface area (Å²) in [4.78, 5) is 14.3. The zero-order chi connectivity index (χ0) is 15.3. The van der Waals surface area contributed by atoms with Crippen LogP contribution >= 0.6 is 0 Å². The topological polar surface area (TPSA) is 56.1 Å². The van der Waals surface area contributed by atoms with Crippen LogP contribution in [-0.4, -0.2) is 26.0 Å². The van der Waals surface area contributed by atoms with Crippen LogP contribution in [0.2, 0.25) is 0 Å². The molecule has 1 fully saturated rings. The van der Waals surface area contributed by atoms with Crippen molar-refractivity contribution in [1.29, 1.82) is 5.26 Å². The molecule has 21 heavy (non-hydrogen) atoms. The molecule has 0 heterocycles. The first-order chi connectivity index (χ1) is 10.1. The first kappa shape index (κ1) is 15.4. The normalized spacial score (nSPS) is 23.8. The number of carbonyl (C=O) groups is 1. The summed E-state index contributed by atoms with van der Waals surface area (Å²) in [5.74, 6) is 0.394. The number of anilines is 1. The average molecular weight is 285 g/mol. The van der Waals surface area contributed by atoms with Crippen molar-refractivity contribution >= 4 is 11.6 Å². The minimum Gasteiger partial charge on any atom is -0.375 e. The summed E-state index contributed by atoms with van der Waals surface area (Å²) in [5, 5.41) is 12.1. The third-order valence-electron chi connectivity index (χ3n) is 4.20. The lowest BCUT2D eigenvalue weighted by Gasteiger charge is -2.39. The molecule has 1 saturated carbocycles. The Morgan fingerprint density at radius 2 is 2.10 bits per heavy atom. The zero-order valence-electron chi connectivity index (χ0n) is 12.8. The van der Waals surface area contributed by atoms with Crippen molar-refractivity contribution in [2.45, 2.75) is 26.2 Å². The van der Waals surface area contributed by atoms with Crippen molar-refractivity contribution in [3.05, 3.63) is 30.3 Å². The Morgan fingerprint density at radius 1 is 1.43 bits per heavy atom. The summed E-state index contributed by atoms with van der Waals surface area (Å²) in [6.45, 7) is 3.58. The average Bonchev–Trinajstić information content (AvgIpc) is 2.48. The fraction of sp³-hybridized carbons (Fsp3) is 0.529. The van der Waals surface area contributed by atoms with Crippen LogP contribution in [0.5, 0.6) is 0 Å². The third kappa shape index (κ3) is 3.55. The molecule has 0 bridgehead atoms. The number of carbonyl (C=O) groups excluding carboxylic acids is 1. The van der Waals surface area contributed by atoms with E-state index in [9.17, 15) is 10.1 Å². The van der Waals surface area contributed by atoms with Crippen molar-refractivity contribution < 1.29 is 4.79 Å². The summed E-state index contributed by atoms with van der Waals surface area (Å²) < 4.78 is 0. The van der Waals surface area contributed by atoms with Gasteiger partial charge in [-0.25, -0.2) is 0 Å². The second-order valence-electron chi connectivity index (χ2n) is 6.07. The van der Waals surface area contributed by atoms with Gasteiger partial charge in [0.2, 0.25) is 5.91 Å². The Morgan fingerprint density at radius 3 is 2.67 bits per heavy atom. The van der Waals surface area contributed by atoms with E-state index in [1.54, 1.807) is 0 Å². The highest BCUT2D eigenvalue weighted by molar-refractivity contribution is 5.86. The van der Waals surface area contributed by atoms with E-state index in [0.29, 0.717) is 25.3 Å². The maximum Gasteiger partial charge on any atom is 0.240 e. The number of nitriles is 1. The Labute approximate surface area is 126 Å². The first-order valence-electron chi connectivity index (χ1n) is 7.53. The number of amides is 1. The Bertz CT molecular complexity index is 515. The van der Waals surface area contributed by atoms with Gasteiger partial charge in [0, 0.05) is 25.8 Å². The van der Waals surface area contributed by atoms with Crippen molar-refractivity contribution in [3.63, 3.8) is 0 Å². The standard InChI is InChI=1S/C17H23N3O/c1-14-11-17(12-14,13-18)16(21)19-9-6-10-20(2)15-7-4-3-5-8-15/h3-5,7-8,14H,6,9-12H2,1-2H3,(H,19,21). The van der Waals surface area contributed by atoms with Crippen LogP contribution in [0.3, 0.4) is 0 Å². The van der Waals surface area contributed by atoms with Crippen molar-refractivity contribution in [3.8, 4) is 6.07 Å². The highest BCUT2D eigenvalue weighted by Crippen LogP contribution is 2.44. The van der Waals surface area contributed by atoms with Gasteiger partial charge >= 0.3 is 0 Å². The molecule has 1 aliphatic carbocycles. The molecule has 1 aromatic carbocycles. The predicted octanol–water partition coefficient (Wildman–Crippen LogP) is 2.57. The molecule has 2 rings (SSSR count). The molecule has 4 heteroatoms. The number of hydrogen-bond donors (Lipinski definition) is 1. The second-order valence-corrected chi connectivity index (χ2v) is 6.07. The molecule has 0 aromatic heterocycles. The smallest absolute Gasteiger partial charge is 0.240 e. The number of nitrogens with zero attached hydrogens (tertiary/aromatic N) is 2. The minimum atomic E-state index is -0.759. The summed E-state index contributed by atoms with van der Waals surface area (Å²) in [7, 11) is 2.04. The van der Waals surface area contributed by atoms with Crippen molar-refractivity contribution in [1.82, 2.24) is 5.32 Å². The molecular weight excluding hydrogens is 262 g/mol. The molecular formula is C17H23N3O. The number of para-hydroxylation sites is 1. The molecule has 0 saturated heterocycles. The van der Waals surface area contributed by atoms with Crippen LogP contribution in [0.25, 0.3) is 0 Å². The Kier molecular flexibility index (Phi) is 4.85. The SMILES string of the molecule is CC1CC(C#N)(C(=O)NCCCN(C)c2ccccc2)C1. The number of nitrogens with one attached hydrogen (secondary N) is 1. The van der Waals surface area contributed by atoms with Gasteiger partial charge in [0.05, 0.1) is 6.07 Å². The van der Waals surface area contributed by atoms with Crippen molar-refractivity contribution in [2.24, 2.45) is 11.3 Å². The highest BCUT2D eigenvalue weighted by atomic mass is 16.2. The lowest BCUT2D eigenvalue weighted by molar-refractivity contribution is -0.133. The van der Waals surface area contributed by atoms with E-state index in [1.165, 1.54) is 5.69 Å². The first-order valence-corrected chi connectivity index (χ1v) is 7.53. The van der Waals surface area contributed by atoms with E-state index in [1.807, 2.05) is 25.2 Å². The Hall–Kier alpha value is -2.02. The van der Waals surface area contributed by atoms with Crippen LogP contribution in [0.1, 0.15) is 26.2 Å². The van der Waals surface area contributed by atoms with Gasteiger partial charge in [-0.05, 0) is 37.3 Å². The lowest BCUT2D eigenvalue weighted by atomic mass is 9.63. The summed E-state index contributed by atoms with van der Waals surface area (Å²) in [5.41, 5.74) is 0.412.